The summed E-state index contributed by atoms with van der Waals surface area (Å²) in [4.78, 5) is 23.7. The predicted molar refractivity (Wildman–Crippen MR) is 98.3 cm³/mol. The van der Waals surface area contributed by atoms with Gasteiger partial charge in [-0.15, -0.1) is 0 Å². The summed E-state index contributed by atoms with van der Waals surface area (Å²) in [7, 11) is -2.49. The number of nitro groups is 1. The van der Waals surface area contributed by atoms with Crippen LogP contribution in [0.2, 0.25) is 0 Å². The lowest BCUT2D eigenvalue weighted by atomic mass is 10.1. The first-order chi connectivity index (χ1) is 12.8. The quantitative estimate of drug-likeness (QED) is 0.594. The van der Waals surface area contributed by atoms with E-state index in [0.29, 0.717) is 24.3 Å². The van der Waals surface area contributed by atoms with Gasteiger partial charge >= 0.3 is 0 Å². The standard InChI is InChI=1S/C17H17N3O6S/c1-26-11-17(21)19-9-8-12-2-3-13(10-16(12)19)18-27(24,25)15-6-4-14(5-7-15)20(22)23/h2-7,10,18H,8-9,11H2,1H3. The second-order valence-corrected chi connectivity index (χ2v) is 7.61. The molecule has 27 heavy (non-hydrogen) atoms. The molecule has 0 aliphatic carbocycles. The second-order valence-electron chi connectivity index (χ2n) is 5.93. The van der Waals surface area contributed by atoms with Crippen LogP contribution in [0.25, 0.3) is 0 Å². The molecule has 0 radical (unpaired) electrons. The average Bonchev–Trinajstić information content (AvgIpc) is 3.05. The van der Waals surface area contributed by atoms with E-state index < -0.39 is 14.9 Å². The summed E-state index contributed by atoms with van der Waals surface area (Å²) in [5.41, 5.74) is 1.68. The molecule has 1 amide bonds. The van der Waals surface area contributed by atoms with Gasteiger partial charge in [-0.2, -0.15) is 0 Å². The molecular weight excluding hydrogens is 374 g/mol. The van der Waals surface area contributed by atoms with Crippen molar-refractivity contribution in [3.63, 3.8) is 0 Å². The minimum absolute atomic E-state index is 0.0574. The van der Waals surface area contributed by atoms with Crippen LogP contribution in [0, 0.1) is 10.1 Å². The Labute approximate surface area is 155 Å². The molecule has 0 atom stereocenters. The highest BCUT2D eigenvalue weighted by molar-refractivity contribution is 7.92. The fraction of sp³-hybridized carbons (Fsp3) is 0.235. The number of hydrogen-bond acceptors (Lipinski definition) is 6. The molecule has 0 bridgehead atoms. The molecule has 0 spiro atoms. The number of benzene rings is 2. The highest BCUT2D eigenvalue weighted by Gasteiger charge is 2.25. The normalized spacial score (nSPS) is 13.3. The summed E-state index contributed by atoms with van der Waals surface area (Å²) in [6.45, 7) is 0.453. The lowest BCUT2D eigenvalue weighted by Gasteiger charge is -2.18. The molecule has 9 nitrogen and oxygen atoms in total. The third-order valence-corrected chi connectivity index (χ3v) is 5.56. The van der Waals surface area contributed by atoms with Gasteiger partial charge in [0.15, 0.2) is 0 Å². The number of amides is 1. The van der Waals surface area contributed by atoms with Crippen LogP contribution in [-0.2, 0) is 26.0 Å². The minimum Gasteiger partial charge on any atom is -0.375 e. The van der Waals surface area contributed by atoms with Gasteiger partial charge in [0.1, 0.15) is 6.61 Å². The number of hydrogen-bond donors (Lipinski definition) is 1. The van der Waals surface area contributed by atoms with Gasteiger partial charge in [0.25, 0.3) is 21.6 Å². The zero-order valence-corrected chi connectivity index (χ0v) is 15.2. The number of methoxy groups -OCH3 is 1. The number of carbonyl (C=O) groups excluding carboxylic acids is 1. The van der Waals surface area contributed by atoms with Gasteiger partial charge in [-0.1, -0.05) is 6.07 Å². The van der Waals surface area contributed by atoms with Crippen molar-refractivity contribution in [3.05, 3.63) is 58.1 Å². The molecule has 0 fully saturated rings. The Kier molecular flexibility index (Phi) is 5.10. The number of ether oxygens (including phenoxy) is 1. The van der Waals surface area contributed by atoms with E-state index in [1.807, 2.05) is 0 Å². The van der Waals surface area contributed by atoms with E-state index in [4.69, 9.17) is 4.74 Å². The van der Waals surface area contributed by atoms with Crippen molar-refractivity contribution in [2.24, 2.45) is 0 Å². The Morgan fingerprint density at radius 2 is 1.96 bits per heavy atom. The number of nitrogens with one attached hydrogen (secondary N) is 1. The molecule has 1 N–H and O–H groups in total. The van der Waals surface area contributed by atoms with Gasteiger partial charge in [0, 0.05) is 31.5 Å². The van der Waals surface area contributed by atoms with Crippen LogP contribution < -0.4 is 9.62 Å². The van der Waals surface area contributed by atoms with Gasteiger partial charge in [-0.05, 0) is 36.2 Å². The molecule has 1 aliphatic heterocycles. The molecule has 3 rings (SSSR count). The maximum Gasteiger partial charge on any atom is 0.269 e. The van der Waals surface area contributed by atoms with E-state index in [1.165, 1.54) is 19.2 Å². The first-order valence-electron chi connectivity index (χ1n) is 8.01. The zero-order valence-electron chi connectivity index (χ0n) is 14.4. The van der Waals surface area contributed by atoms with Crippen LogP contribution in [0.5, 0.6) is 0 Å². The van der Waals surface area contributed by atoms with Crippen LogP contribution in [0.4, 0.5) is 17.1 Å². The van der Waals surface area contributed by atoms with Crippen molar-refractivity contribution >= 4 is 33.0 Å². The number of carbonyl (C=O) groups is 1. The summed E-state index contributed by atoms with van der Waals surface area (Å²) in [5.74, 6) is -0.202. The lowest BCUT2D eigenvalue weighted by Crippen LogP contribution is -2.32. The average molecular weight is 391 g/mol. The second kappa shape index (κ2) is 7.33. The molecule has 142 valence electrons. The monoisotopic (exact) mass is 391 g/mol. The van der Waals surface area contributed by atoms with Gasteiger partial charge in [0.05, 0.1) is 15.5 Å². The molecule has 2 aromatic carbocycles. The van der Waals surface area contributed by atoms with E-state index >= 15 is 0 Å². The summed E-state index contributed by atoms with van der Waals surface area (Å²) in [6.07, 6.45) is 0.681. The Morgan fingerprint density at radius 1 is 1.26 bits per heavy atom. The molecule has 1 aliphatic rings. The van der Waals surface area contributed by atoms with E-state index in [0.717, 1.165) is 17.7 Å². The summed E-state index contributed by atoms with van der Waals surface area (Å²) < 4.78 is 32.4. The first-order valence-corrected chi connectivity index (χ1v) is 9.49. The summed E-state index contributed by atoms with van der Waals surface area (Å²) in [5, 5.41) is 10.7. The van der Waals surface area contributed by atoms with Crippen LogP contribution in [0.3, 0.4) is 0 Å². The molecule has 0 aromatic heterocycles. The number of rotatable bonds is 6. The number of nitrogens with zero attached hydrogens (tertiary/aromatic N) is 2. The van der Waals surface area contributed by atoms with Crippen LogP contribution in [-0.4, -0.2) is 39.5 Å². The Hall–Kier alpha value is -2.98. The van der Waals surface area contributed by atoms with Gasteiger partial charge < -0.3 is 9.64 Å². The number of anilines is 2. The van der Waals surface area contributed by atoms with E-state index in [9.17, 15) is 23.3 Å². The number of sulfonamides is 1. The molecular formula is C17H17N3O6S. The van der Waals surface area contributed by atoms with Gasteiger partial charge in [0.2, 0.25) is 0 Å². The van der Waals surface area contributed by atoms with Crippen molar-refractivity contribution in [3.8, 4) is 0 Å². The molecule has 2 aromatic rings. The van der Waals surface area contributed by atoms with Crippen molar-refractivity contribution in [1.29, 1.82) is 0 Å². The molecule has 1 heterocycles. The van der Waals surface area contributed by atoms with Crippen molar-refractivity contribution < 1.29 is 22.9 Å². The predicted octanol–water partition coefficient (Wildman–Crippen LogP) is 1.93. The summed E-state index contributed by atoms with van der Waals surface area (Å²) in [6, 6.07) is 9.57. The lowest BCUT2D eigenvalue weighted by molar-refractivity contribution is -0.384. The fourth-order valence-electron chi connectivity index (χ4n) is 2.86. The van der Waals surface area contributed by atoms with Gasteiger partial charge in [-0.3, -0.25) is 19.6 Å². The zero-order chi connectivity index (χ0) is 19.6. The number of non-ortho nitro benzene ring substituents is 1. The minimum atomic E-state index is -3.92. The maximum absolute atomic E-state index is 12.5. The fourth-order valence-corrected chi connectivity index (χ4v) is 3.91. The van der Waals surface area contributed by atoms with Crippen LogP contribution in [0.1, 0.15) is 5.56 Å². The largest absolute Gasteiger partial charge is 0.375 e. The highest BCUT2D eigenvalue weighted by Crippen LogP contribution is 2.32. The SMILES string of the molecule is COCC(=O)N1CCc2ccc(NS(=O)(=O)c3ccc([N+](=O)[O-])cc3)cc21. The van der Waals surface area contributed by atoms with Crippen molar-refractivity contribution in [2.75, 3.05) is 29.9 Å². The number of fused-ring (bicyclic) bond motifs is 1. The number of nitro benzene ring substituents is 1. The van der Waals surface area contributed by atoms with E-state index in [-0.39, 0.29) is 23.1 Å². The topological polar surface area (TPSA) is 119 Å². The van der Waals surface area contributed by atoms with E-state index in [2.05, 4.69) is 4.72 Å². The maximum atomic E-state index is 12.5. The summed E-state index contributed by atoms with van der Waals surface area (Å²) >= 11 is 0. The van der Waals surface area contributed by atoms with Crippen molar-refractivity contribution in [1.82, 2.24) is 0 Å². The molecule has 0 saturated carbocycles. The molecule has 0 saturated heterocycles. The Morgan fingerprint density at radius 3 is 2.59 bits per heavy atom. The third kappa shape index (κ3) is 3.91. The first kappa shape index (κ1) is 18.8. The Bertz CT molecular complexity index is 988. The van der Waals surface area contributed by atoms with Gasteiger partial charge in [-0.25, -0.2) is 8.42 Å². The smallest absolute Gasteiger partial charge is 0.269 e. The molecule has 0 unspecified atom stereocenters. The third-order valence-electron chi connectivity index (χ3n) is 4.16. The van der Waals surface area contributed by atoms with E-state index in [1.54, 1.807) is 23.1 Å². The Balaban J connectivity index is 1.84. The van der Waals surface area contributed by atoms with Crippen LogP contribution in [0.15, 0.2) is 47.4 Å². The van der Waals surface area contributed by atoms with Crippen LogP contribution >= 0.6 is 0 Å². The highest BCUT2D eigenvalue weighted by atomic mass is 32.2. The van der Waals surface area contributed by atoms with Crippen molar-refractivity contribution in [2.45, 2.75) is 11.3 Å². The molecule has 10 heteroatoms.